The topological polar surface area (TPSA) is 85.1 Å². The highest BCUT2D eigenvalue weighted by Gasteiger charge is 2.48. The molecule has 8 heteroatoms. The number of nitrogens with one attached hydrogen (secondary N) is 1. The molecule has 5 rings (SSSR count). The van der Waals surface area contributed by atoms with Crippen molar-refractivity contribution >= 4 is 5.57 Å². The first-order chi connectivity index (χ1) is 15.0. The van der Waals surface area contributed by atoms with Crippen molar-refractivity contribution < 1.29 is 14.2 Å². The summed E-state index contributed by atoms with van der Waals surface area (Å²) in [5.41, 5.74) is 3.12. The third-order valence-corrected chi connectivity index (χ3v) is 6.44. The van der Waals surface area contributed by atoms with E-state index < -0.39 is 6.17 Å². The molecule has 2 aromatic heterocycles. The standard InChI is InChI=1S/C23H24FN5O2/c1-13(16-10-19-22(31-2)11-20(26-19)23(16)24)17-5-6-18(28-27-17)15-4-3-14(9-21(15)30)29-8-7-25-12-29/h3-9,12,16,19-20,22-23,26,30H,1,10-11H2,2H3/t16-,19-,20-,22+,23-/m0/s1. The highest BCUT2D eigenvalue weighted by molar-refractivity contribution is 5.70. The molecule has 160 valence electrons. The number of phenols is 1. The van der Waals surface area contributed by atoms with Crippen LogP contribution in [0.4, 0.5) is 4.39 Å². The average molecular weight is 421 g/mol. The van der Waals surface area contributed by atoms with Gasteiger partial charge in [0.15, 0.2) is 0 Å². The number of rotatable bonds is 5. The van der Waals surface area contributed by atoms with Gasteiger partial charge < -0.3 is 19.7 Å². The molecular weight excluding hydrogens is 397 g/mol. The van der Waals surface area contributed by atoms with E-state index in [1.165, 1.54) is 0 Å². The minimum atomic E-state index is -1.04. The monoisotopic (exact) mass is 421 g/mol. The van der Waals surface area contributed by atoms with Crippen LogP contribution >= 0.6 is 0 Å². The molecule has 0 radical (unpaired) electrons. The summed E-state index contributed by atoms with van der Waals surface area (Å²) < 4.78 is 22.4. The summed E-state index contributed by atoms with van der Waals surface area (Å²) in [5, 5.41) is 22.4. The molecule has 1 aromatic carbocycles. The lowest BCUT2D eigenvalue weighted by Gasteiger charge is -2.34. The number of imidazole rings is 1. The number of halogens is 1. The summed E-state index contributed by atoms with van der Waals surface area (Å²) in [6, 6.07) is 8.78. The summed E-state index contributed by atoms with van der Waals surface area (Å²) in [4.78, 5) is 4.01. The summed E-state index contributed by atoms with van der Waals surface area (Å²) in [5.74, 6) is -0.226. The maximum absolute atomic E-state index is 15.1. The zero-order valence-corrected chi connectivity index (χ0v) is 17.1. The molecule has 2 N–H and O–H groups in total. The third-order valence-electron chi connectivity index (χ3n) is 6.44. The normalized spacial score (nSPS) is 27.4. The fourth-order valence-corrected chi connectivity index (χ4v) is 4.73. The minimum Gasteiger partial charge on any atom is -0.507 e. The number of hydrogen-bond acceptors (Lipinski definition) is 6. The molecule has 0 spiro atoms. The summed E-state index contributed by atoms with van der Waals surface area (Å²) in [6.45, 7) is 4.14. The molecule has 4 heterocycles. The molecule has 0 unspecified atom stereocenters. The van der Waals surface area contributed by atoms with Gasteiger partial charge in [0.05, 0.1) is 29.5 Å². The van der Waals surface area contributed by atoms with Crippen LogP contribution in [0.2, 0.25) is 0 Å². The predicted molar refractivity (Wildman–Crippen MR) is 114 cm³/mol. The maximum atomic E-state index is 15.1. The third kappa shape index (κ3) is 3.51. The quantitative estimate of drug-likeness (QED) is 0.658. The van der Waals surface area contributed by atoms with Gasteiger partial charge in [0.1, 0.15) is 11.9 Å². The number of phenolic OH excluding ortho intramolecular Hbond substituents is 1. The number of fused-ring (bicyclic) bond motifs is 2. The van der Waals surface area contributed by atoms with Crippen molar-refractivity contribution in [2.24, 2.45) is 5.92 Å². The molecule has 31 heavy (non-hydrogen) atoms. The molecular formula is C23H24FN5O2. The summed E-state index contributed by atoms with van der Waals surface area (Å²) in [7, 11) is 1.67. The predicted octanol–water partition coefficient (Wildman–Crippen LogP) is 3.15. The van der Waals surface area contributed by atoms with Crippen molar-refractivity contribution in [2.75, 3.05) is 7.11 Å². The molecule has 0 saturated carbocycles. The lowest BCUT2D eigenvalue weighted by Crippen LogP contribution is -2.48. The number of methoxy groups -OCH3 is 1. The van der Waals surface area contributed by atoms with Gasteiger partial charge in [0, 0.05) is 49.1 Å². The molecule has 0 amide bonds. The second kappa shape index (κ2) is 7.86. The van der Waals surface area contributed by atoms with Crippen LogP contribution in [0.3, 0.4) is 0 Å². The molecule has 7 nitrogen and oxygen atoms in total. The Morgan fingerprint density at radius 2 is 2.10 bits per heavy atom. The Hall–Kier alpha value is -3.10. The molecule has 0 aliphatic carbocycles. The minimum absolute atomic E-state index is 0.0304. The van der Waals surface area contributed by atoms with Crippen LogP contribution in [0.25, 0.3) is 22.5 Å². The average Bonchev–Trinajstić information content (AvgIpc) is 3.44. The fraction of sp³-hybridized carbons (Fsp3) is 0.348. The van der Waals surface area contributed by atoms with Gasteiger partial charge in [-0.15, -0.1) is 5.10 Å². The zero-order chi connectivity index (χ0) is 21.5. The van der Waals surface area contributed by atoms with E-state index in [0.717, 1.165) is 5.69 Å². The maximum Gasteiger partial charge on any atom is 0.127 e. The second-order valence-electron chi connectivity index (χ2n) is 8.18. The number of allylic oxidation sites excluding steroid dienone is 1. The number of nitrogens with zero attached hydrogens (tertiary/aromatic N) is 4. The van der Waals surface area contributed by atoms with Gasteiger partial charge in [-0.3, -0.25) is 0 Å². The van der Waals surface area contributed by atoms with Crippen molar-refractivity contribution in [3.8, 4) is 22.7 Å². The highest BCUT2D eigenvalue weighted by atomic mass is 19.1. The Labute approximate surface area is 179 Å². The van der Waals surface area contributed by atoms with Crippen LogP contribution in [-0.4, -0.2) is 56.3 Å². The Kier molecular flexibility index (Phi) is 5.03. The van der Waals surface area contributed by atoms with Crippen molar-refractivity contribution in [3.63, 3.8) is 0 Å². The molecule has 2 fully saturated rings. The van der Waals surface area contributed by atoms with Gasteiger partial charge in [0.25, 0.3) is 0 Å². The van der Waals surface area contributed by atoms with Crippen LogP contribution in [0.5, 0.6) is 5.75 Å². The first-order valence-electron chi connectivity index (χ1n) is 10.3. The van der Waals surface area contributed by atoms with Gasteiger partial charge in [-0.2, -0.15) is 5.10 Å². The van der Waals surface area contributed by atoms with Crippen molar-refractivity contribution in [1.82, 2.24) is 25.1 Å². The van der Waals surface area contributed by atoms with Gasteiger partial charge >= 0.3 is 0 Å². The molecule has 2 aliphatic heterocycles. The number of ether oxygens (including phenoxy) is 1. The first-order valence-corrected chi connectivity index (χ1v) is 10.3. The number of aromatic nitrogens is 4. The summed E-state index contributed by atoms with van der Waals surface area (Å²) >= 11 is 0. The van der Waals surface area contributed by atoms with Crippen LogP contribution in [0.1, 0.15) is 18.5 Å². The molecule has 2 bridgehead atoms. The van der Waals surface area contributed by atoms with Gasteiger partial charge in [-0.05, 0) is 42.7 Å². The van der Waals surface area contributed by atoms with Crippen LogP contribution < -0.4 is 5.32 Å². The van der Waals surface area contributed by atoms with E-state index in [1.807, 2.05) is 6.07 Å². The number of hydrogen-bond donors (Lipinski definition) is 2. The van der Waals surface area contributed by atoms with E-state index in [0.29, 0.717) is 35.4 Å². The zero-order valence-electron chi connectivity index (χ0n) is 17.1. The Balaban J connectivity index is 1.35. The number of alkyl halides is 1. The second-order valence-corrected chi connectivity index (χ2v) is 8.18. The molecule has 2 aliphatic rings. The molecule has 2 saturated heterocycles. The first kappa shape index (κ1) is 19.8. The van der Waals surface area contributed by atoms with E-state index in [1.54, 1.807) is 54.7 Å². The largest absolute Gasteiger partial charge is 0.507 e. The van der Waals surface area contributed by atoms with Crippen molar-refractivity contribution in [1.29, 1.82) is 0 Å². The van der Waals surface area contributed by atoms with Gasteiger partial charge in [-0.1, -0.05) is 6.58 Å². The number of piperidine rings is 1. The van der Waals surface area contributed by atoms with Gasteiger partial charge in [-0.25, -0.2) is 9.37 Å². The van der Waals surface area contributed by atoms with Gasteiger partial charge in [0.2, 0.25) is 0 Å². The Morgan fingerprint density at radius 1 is 1.23 bits per heavy atom. The van der Waals surface area contributed by atoms with E-state index in [-0.39, 0.29) is 29.9 Å². The van der Waals surface area contributed by atoms with Crippen LogP contribution in [0, 0.1) is 5.92 Å². The summed E-state index contributed by atoms with van der Waals surface area (Å²) in [6.07, 6.45) is 5.42. The van der Waals surface area contributed by atoms with E-state index >= 15 is 4.39 Å². The van der Waals surface area contributed by atoms with E-state index in [2.05, 4.69) is 27.1 Å². The smallest absolute Gasteiger partial charge is 0.127 e. The molecule has 3 aromatic rings. The lowest BCUT2D eigenvalue weighted by atomic mass is 9.83. The Morgan fingerprint density at radius 3 is 2.77 bits per heavy atom. The van der Waals surface area contributed by atoms with E-state index in [4.69, 9.17) is 4.74 Å². The SMILES string of the molecule is C=C(c1ccc(-c2ccc(-n3ccnc3)cc2O)nn1)[C@@H]1C[C@@H]2N[C@@H](C[C@H]2OC)[C@H]1F. The van der Waals surface area contributed by atoms with Crippen molar-refractivity contribution in [2.45, 2.75) is 37.2 Å². The molecule has 5 atom stereocenters. The van der Waals surface area contributed by atoms with Crippen LogP contribution in [-0.2, 0) is 4.74 Å². The highest BCUT2D eigenvalue weighted by Crippen LogP contribution is 2.40. The number of aromatic hydroxyl groups is 1. The van der Waals surface area contributed by atoms with Crippen molar-refractivity contribution in [3.05, 3.63) is 61.3 Å². The Bertz CT molecular complexity index is 1090. The van der Waals surface area contributed by atoms with Crippen LogP contribution in [0.15, 0.2) is 55.6 Å². The number of benzene rings is 1. The lowest BCUT2D eigenvalue weighted by molar-refractivity contribution is 0.0864. The van der Waals surface area contributed by atoms with E-state index in [9.17, 15) is 5.11 Å². The fourth-order valence-electron chi connectivity index (χ4n) is 4.73.